The number of rotatable bonds is 7. The number of carbonyl (C=O) groups excluding carboxylic acids is 1. The highest BCUT2D eigenvalue weighted by Crippen LogP contribution is 2.22. The number of nitrogens with one attached hydrogen (secondary N) is 1. The van der Waals surface area contributed by atoms with Gasteiger partial charge >= 0.3 is 0 Å². The Kier molecular flexibility index (Phi) is 6.96. The van der Waals surface area contributed by atoms with E-state index < -0.39 is 5.82 Å². The Hall–Kier alpha value is -4.49. The van der Waals surface area contributed by atoms with Crippen LogP contribution in [0, 0.1) is 5.82 Å². The number of halogens is 2. The molecule has 0 aliphatic heterocycles. The van der Waals surface area contributed by atoms with Crippen LogP contribution in [0.3, 0.4) is 0 Å². The van der Waals surface area contributed by atoms with Gasteiger partial charge in [0.1, 0.15) is 24.7 Å². The van der Waals surface area contributed by atoms with E-state index in [2.05, 4.69) is 10.5 Å². The van der Waals surface area contributed by atoms with Crippen LogP contribution in [-0.4, -0.2) is 16.7 Å². The second kappa shape index (κ2) is 10.6. The van der Waals surface area contributed by atoms with Crippen molar-refractivity contribution in [1.82, 2.24) is 9.99 Å². The van der Waals surface area contributed by atoms with E-state index in [0.29, 0.717) is 38.1 Å². The molecule has 0 saturated heterocycles. The maximum absolute atomic E-state index is 13.9. The molecule has 0 atom stereocenters. The van der Waals surface area contributed by atoms with E-state index >= 15 is 0 Å². The van der Waals surface area contributed by atoms with Crippen molar-refractivity contribution in [1.29, 1.82) is 0 Å². The van der Waals surface area contributed by atoms with Crippen LogP contribution in [0.5, 0.6) is 5.75 Å². The van der Waals surface area contributed by atoms with E-state index in [4.69, 9.17) is 16.3 Å². The van der Waals surface area contributed by atoms with Gasteiger partial charge in [-0.3, -0.25) is 9.59 Å². The lowest BCUT2D eigenvalue weighted by atomic mass is 10.1. The minimum atomic E-state index is -0.421. The van der Waals surface area contributed by atoms with Crippen LogP contribution in [0.2, 0.25) is 5.02 Å². The van der Waals surface area contributed by atoms with Gasteiger partial charge in [0.15, 0.2) is 5.43 Å². The van der Waals surface area contributed by atoms with Crippen molar-refractivity contribution in [3.63, 3.8) is 0 Å². The number of benzene rings is 4. The zero-order valence-electron chi connectivity index (χ0n) is 19.5. The van der Waals surface area contributed by atoms with Gasteiger partial charge in [-0.15, -0.1) is 0 Å². The number of ether oxygens (including phenoxy) is 1. The average molecular weight is 514 g/mol. The van der Waals surface area contributed by atoms with E-state index in [1.165, 1.54) is 12.3 Å². The maximum Gasteiger partial charge on any atom is 0.260 e. The second-order valence-corrected chi connectivity index (χ2v) is 8.71. The number of amides is 1. The quantitative estimate of drug-likeness (QED) is 0.173. The highest BCUT2D eigenvalue weighted by Gasteiger charge is 2.12. The summed E-state index contributed by atoms with van der Waals surface area (Å²) in [6.07, 6.45) is 1.51. The van der Waals surface area contributed by atoms with Crippen molar-refractivity contribution in [2.75, 3.05) is 0 Å². The second-order valence-electron chi connectivity index (χ2n) is 8.30. The van der Waals surface area contributed by atoms with Gasteiger partial charge in [-0.2, -0.15) is 5.10 Å². The molecule has 0 spiro atoms. The lowest BCUT2D eigenvalue weighted by Crippen LogP contribution is -2.25. The number of nitrogens with zero attached hydrogens (tertiary/aromatic N) is 2. The van der Waals surface area contributed by atoms with Crippen molar-refractivity contribution in [3.8, 4) is 5.75 Å². The fraction of sp³-hybridized carbons (Fsp3) is 0.0690. The molecule has 1 aromatic heterocycles. The standard InChI is InChI=1S/C29H21ClFN3O3/c30-24-8-5-9-25(31)23(24)18-37-20-14-12-19(13-15-20)16-32-33-28(35)17-34-26-10-3-1-6-21(26)29(36)22-7-2-4-11-27(22)34/h1-16H,17-18H2,(H,33,35). The first-order valence-corrected chi connectivity index (χ1v) is 11.9. The summed E-state index contributed by atoms with van der Waals surface area (Å²) in [5.41, 5.74) is 4.86. The fourth-order valence-corrected chi connectivity index (χ4v) is 4.30. The molecule has 37 heavy (non-hydrogen) atoms. The van der Waals surface area contributed by atoms with Crippen LogP contribution in [0.4, 0.5) is 4.39 Å². The van der Waals surface area contributed by atoms with Crippen molar-refractivity contribution >= 4 is 45.5 Å². The summed E-state index contributed by atoms with van der Waals surface area (Å²) < 4.78 is 21.3. The molecule has 1 amide bonds. The van der Waals surface area contributed by atoms with Crippen LogP contribution in [0.25, 0.3) is 21.8 Å². The number of fused-ring (bicyclic) bond motifs is 2. The van der Waals surface area contributed by atoms with Crippen molar-refractivity contribution in [2.45, 2.75) is 13.2 Å². The number of hydrogen-bond acceptors (Lipinski definition) is 4. The monoisotopic (exact) mass is 513 g/mol. The lowest BCUT2D eigenvalue weighted by Gasteiger charge is -2.14. The summed E-state index contributed by atoms with van der Waals surface area (Å²) >= 11 is 6.03. The molecule has 5 aromatic rings. The molecule has 0 aliphatic rings. The Morgan fingerprint density at radius 3 is 2.22 bits per heavy atom. The number of hydrogen-bond donors (Lipinski definition) is 1. The molecular formula is C29H21ClFN3O3. The molecule has 1 heterocycles. The number of para-hydroxylation sites is 2. The predicted octanol–water partition coefficient (Wildman–Crippen LogP) is 5.68. The SMILES string of the molecule is O=C(Cn1c2ccccc2c(=O)c2ccccc21)NN=Cc1ccc(OCc2c(F)cccc2Cl)cc1. The summed E-state index contributed by atoms with van der Waals surface area (Å²) in [5.74, 6) is -0.218. The Bertz CT molecular complexity index is 1620. The van der Waals surface area contributed by atoms with Gasteiger partial charge in [-0.25, -0.2) is 9.82 Å². The zero-order chi connectivity index (χ0) is 25.8. The highest BCUT2D eigenvalue weighted by molar-refractivity contribution is 6.31. The van der Waals surface area contributed by atoms with E-state index in [-0.39, 0.29) is 24.5 Å². The third-order valence-corrected chi connectivity index (χ3v) is 6.26. The molecule has 0 unspecified atom stereocenters. The normalized spacial score (nSPS) is 11.3. The molecule has 184 valence electrons. The Morgan fingerprint density at radius 1 is 0.919 bits per heavy atom. The average Bonchev–Trinajstić information content (AvgIpc) is 2.91. The summed E-state index contributed by atoms with van der Waals surface area (Å²) in [7, 11) is 0. The van der Waals surface area contributed by atoms with Gasteiger partial charge in [0, 0.05) is 16.3 Å². The van der Waals surface area contributed by atoms with Crippen molar-refractivity contribution < 1.29 is 13.9 Å². The molecular weight excluding hydrogens is 493 g/mol. The largest absolute Gasteiger partial charge is 0.489 e. The van der Waals surface area contributed by atoms with E-state index in [9.17, 15) is 14.0 Å². The minimum absolute atomic E-state index is 0.00333. The van der Waals surface area contributed by atoms with Crippen molar-refractivity contribution in [2.24, 2.45) is 5.10 Å². The highest BCUT2D eigenvalue weighted by atomic mass is 35.5. The minimum Gasteiger partial charge on any atom is -0.489 e. The molecule has 4 aromatic carbocycles. The molecule has 6 nitrogen and oxygen atoms in total. The van der Waals surface area contributed by atoms with Gasteiger partial charge in [0.25, 0.3) is 5.91 Å². The number of hydrazone groups is 1. The third kappa shape index (κ3) is 5.22. The van der Waals surface area contributed by atoms with Gasteiger partial charge in [0.05, 0.1) is 22.3 Å². The molecule has 0 radical (unpaired) electrons. The number of carbonyl (C=O) groups is 1. The summed E-state index contributed by atoms with van der Waals surface area (Å²) in [5, 5.41) is 5.47. The van der Waals surface area contributed by atoms with Crippen LogP contribution in [0.15, 0.2) is 101 Å². The number of aromatic nitrogens is 1. The van der Waals surface area contributed by atoms with Gasteiger partial charge in [0.2, 0.25) is 0 Å². The van der Waals surface area contributed by atoms with Crippen LogP contribution in [0.1, 0.15) is 11.1 Å². The van der Waals surface area contributed by atoms with E-state index in [0.717, 1.165) is 5.56 Å². The molecule has 5 rings (SSSR count). The predicted molar refractivity (Wildman–Crippen MR) is 144 cm³/mol. The van der Waals surface area contributed by atoms with Crippen LogP contribution >= 0.6 is 11.6 Å². The smallest absolute Gasteiger partial charge is 0.260 e. The van der Waals surface area contributed by atoms with Gasteiger partial charge < -0.3 is 9.30 Å². The first-order chi connectivity index (χ1) is 18.0. The molecule has 0 saturated carbocycles. The van der Waals surface area contributed by atoms with Gasteiger partial charge in [-0.05, 0) is 66.2 Å². The summed E-state index contributed by atoms with van der Waals surface area (Å²) in [4.78, 5) is 25.6. The number of pyridine rings is 1. The Morgan fingerprint density at radius 2 is 1.57 bits per heavy atom. The first-order valence-electron chi connectivity index (χ1n) is 11.5. The molecule has 1 N–H and O–H groups in total. The molecule has 8 heteroatoms. The Balaban J connectivity index is 1.25. The molecule has 0 bridgehead atoms. The molecule has 0 fully saturated rings. The van der Waals surface area contributed by atoms with E-state index in [1.54, 1.807) is 60.7 Å². The topological polar surface area (TPSA) is 72.7 Å². The van der Waals surface area contributed by atoms with Crippen molar-refractivity contribution in [3.05, 3.63) is 123 Å². The zero-order valence-corrected chi connectivity index (χ0v) is 20.3. The summed E-state index contributed by atoms with van der Waals surface area (Å²) in [6, 6.07) is 25.9. The Labute approximate surface area is 216 Å². The van der Waals surface area contributed by atoms with E-state index in [1.807, 2.05) is 28.8 Å². The fourth-order valence-electron chi connectivity index (χ4n) is 4.08. The first kappa shape index (κ1) is 24.2. The van der Waals surface area contributed by atoms with Crippen LogP contribution in [-0.2, 0) is 17.9 Å². The van der Waals surface area contributed by atoms with Crippen LogP contribution < -0.4 is 15.6 Å². The lowest BCUT2D eigenvalue weighted by molar-refractivity contribution is -0.121. The third-order valence-electron chi connectivity index (χ3n) is 5.91. The summed E-state index contributed by atoms with van der Waals surface area (Å²) in [6.45, 7) is -0.00656. The van der Waals surface area contributed by atoms with Gasteiger partial charge in [-0.1, -0.05) is 41.9 Å². The maximum atomic E-state index is 13.9. The molecule has 0 aliphatic carbocycles.